The van der Waals surface area contributed by atoms with E-state index in [-0.39, 0.29) is 5.91 Å². The van der Waals surface area contributed by atoms with Crippen molar-refractivity contribution in [2.45, 2.75) is 19.8 Å². The molecule has 8 nitrogen and oxygen atoms in total. The molecule has 0 saturated heterocycles. The average Bonchev–Trinajstić information content (AvgIpc) is 3.52. The standard InChI is InChI=1S/C28H22ClN7O/c1-3-24(37)33-23-8-7-17(13-30-23)18-12-21-26(35-36-27(21)31-14-18)28-32-22-10-15(2)9-20(25(22)34-28)16-5-4-6-19(29)11-16/h4-9,11-14H,2-3,10H2,1H3,(H,32,34)(H,30,33,37)(H,31,35,36). The molecule has 0 radical (unpaired) electrons. The van der Waals surface area contributed by atoms with Crippen LogP contribution < -0.4 is 5.32 Å². The van der Waals surface area contributed by atoms with Crippen LogP contribution in [0, 0.1) is 0 Å². The van der Waals surface area contributed by atoms with Gasteiger partial charge in [0.2, 0.25) is 5.91 Å². The summed E-state index contributed by atoms with van der Waals surface area (Å²) in [5, 5.41) is 11.7. The molecule has 182 valence electrons. The minimum absolute atomic E-state index is 0.0792. The smallest absolute Gasteiger partial charge is 0.225 e. The lowest BCUT2D eigenvalue weighted by molar-refractivity contribution is -0.115. The summed E-state index contributed by atoms with van der Waals surface area (Å²) in [5.41, 5.74) is 7.87. The van der Waals surface area contributed by atoms with Crippen LogP contribution in [0.3, 0.4) is 0 Å². The molecule has 5 aromatic rings. The third-order valence-corrected chi connectivity index (χ3v) is 6.49. The van der Waals surface area contributed by atoms with E-state index in [9.17, 15) is 4.79 Å². The fourth-order valence-electron chi connectivity index (χ4n) is 4.41. The number of H-pyrrole nitrogens is 2. The quantitative estimate of drug-likeness (QED) is 0.272. The molecule has 4 heterocycles. The lowest BCUT2D eigenvalue weighted by Gasteiger charge is -2.14. The van der Waals surface area contributed by atoms with Gasteiger partial charge in [-0.2, -0.15) is 5.10 Å². The van der Waals surface area contributed by atoms with Crippen LogP contribution in [0.25, 0.3) is 39.3 Å². The summed E-state index contributed by atoms with van der Waals surface area (Å²) in [4.78, 5) is 29.0. The fraction of sp³-hybridized carbons (Fsp3) is 0.107. The minimum atomic E-state index is -0.0792. The number of aromatic nitrogens is 6. The number of hydrogen-bond donors (Lipinski definition) is 3. The second-order valence-corrected chi connectivity index (χ2v) is 9.28. The molecule has 0 saturated carbocycles. The molecular weight excluding hydrogens is 486 g/mol. The number of aromatic amines is 2. The van der Waals surface area contributed by atoms with E-state index in [1.807, 2.05) is 36.4 Å². The van der Waals surface area contributed by atoms with Gasteiger partial charge in [-0.1, -0.05) is 37.2 Å². The Labute approximate surface area is 217 Å². The number of carbonyl (C=O) groups excluding carboxylic acids is 1. The zero-order valence-corrected chi connectivity index (χ0v) is 20.7. The summed E-state index contributed by atoms with van der Waals surface area (Å²) in [6.07, 6.45) is 6.60. The van der Waals surface area contributed by atoms with Gasteiger partial charge in [-0.15, -0.1) is 0 Å². The second kappa shape index (κ2) is 9.15. The minimum Gasteiger partial charge on any atom is -0.340 e. The Kier molecular flexibility index (Phi) is 5.65. The van der Waals surface area contributed by atoms with Crippen LogP contribution in [-0.4, -0.2) is 36.0 Å². The molecule has 4 aromatic heterocycles. The number of carbonyl (C=O) groups is 1. The van der Waals surface area contributed by atoms with Gasteiger partial charge in [0, 0.05) is 52.7 Å². The van der Waals surface area contributed by atoms with Crippen molar-refractivity contribution in [1.29, 1.82) is 0 Å². The van der Waals surface area contributed by atoms with Crippen LogP contribution in [0.1, 0.15) is 30.3 Å². The van der Waals surface area contributed by atoms with E-state index in [2.05, 4.69) is 43.1 Å². The van der Waals surface area contributed by atoms with E-state index in [0.717, 1.165) is 50.3 Å². The Balaban J connectivity index is 1.38. The van der Waals surface area contributed by atoms with Crippen LogP contribution in [0.5, 0.6) is 0 Å². The van der Waals surface area contributed by atoms with Gasteiger partial charge in [0.05, 0.1) is 11.1 Å². The molecule has 6 rings (SSSR count). The largest absolute Gasteiger partial charge is 0.340 e. The van der Waals surface area contributed by atoms with Gasteiger partial charge in [-0.05, 0) is 47.5 Å². The summed E-state index contributed by atoms with van der Waals surface area (Å²) in [7, 11) is 0. The molecular formula is C28H22ClN7O. The lowest BCUT2D eigenvalue weighted by Crippen LogP contribution is -2.10. The Hall–Kier alpha value is -4.56. The molecule has 0 atom stereocenters. The number of rotatable bonds is 5. The van der Waals surface area contributed by atoms with Gasteiger partial charge in [0.15, 0.2) is 11.5 Å². The molecule has 0 fully saturated rings. The summed E-state index contributed by atoms with van der Waals surface area (Å²) in [5.74, 6) is 1.11. The van der Waals surface area contributed by atoms with Crippen molar-refractivity contribution in [3.63, 3.8) is 0 Å². The monoisotopic (exact) mass is 507 g/mol. The third-order valence-electron chi connectivity index (χ3n) is 6.25. The van der Waals surface area contributed by atoms with Crippen molar-refractivity contribution in [2.75, 3.05) is 5.32 Å². The number of anilines is 1. The van der Waals surface area contributed by atoms with E-state index in [4.69, 9.17) is 16.6 Å². The first-order chi connectivity index (χ1) is 18.0. The summed E-state index contributed by atoms with van der Waals surface area (Å²) in [6, 6.07) is 13.4. The Bertz CT molecular complexity index is 1710. The maximum Gasteiger partial charge on any atom is 0.225 e. The van der Waals surface area contributed by atoms with Gasteiger partial charge < -0.3 is 10.3 Å². The van der Waals surface area contributed by atoms with E-state index >= 15 is 0 Å². The third kappa shape index (κ3) is 4.32. The molecule has 0 spiro atoms. The van der Waals surface area contributed by atoms with Crippen LogP contribution in [-0.2, 0) is 11.2 Å². The van der Waals surface area contributed by atoms with Crippen molar-refractivity contribution in [3.05, 3.63) is 95.1 Å². The highest BCUT2D eigenvalue weighted by Gasteiger charge is 2.23. The van der Waals surface area contributed by atoms with Gasteiger partial charge in [-0.25, -0.2) is 15.0 Å². The number of allylic oxidation sites excluding steroid dienone is 2. The zero-order chi connectivity index (χ0) is 25.5. The van der Waals surface area contributed by atoms with Crippen molar-refractivity contribution >= 4 is 39.9 Å². The highest BCUT2D eigenvalue weighted by molar-refractivity contribution is 6.30. The molecule has 37 heavy (non-hydrogen) atoms. The molecule has 1 amide bonds. The first kappa shape index (κ1) is 22.9. The lowest BCUT2D eigenvalue weighted by atomic mass is 9.92. The molecule has 3 N–H and O–H groups in total. The molecule has 1 aromatic carbocycles. The van der Waals surface area contributed by atoms with Gasteiger partial charge in [0.25, 0.3) is 0 Å². The maximum absolute atomic E-state index is 11.6. The summed E-state index contributed by atoms with van der Waals surface area (Å²) >= 11 is 6.26. The SMILES string of the molecule is C=C1C=C(c2cccc(Cl)c2)c2nc(-c3[nH]nc4ncc(-c5ccc(NC(=O)CC)nc5)cc34)[nH]c2C1. The van der Waals surface area contributed by atoms with Crippen molar-refractivity contribution < 1.29 is 4.79 Å². The van der Waals surface area contributed by atoms with Crippen LogP contribution in [0.2, 0.25) is 5.02 Å². The predicted octanol–water partition coefficient (Wildman–Crippen LogP) is 5.96. The van der Waals surface area contributed by atoms with Crippen molar-refractivity contribution in [3.8, 4) is 22.6 Å². The first-order valence-electron chi connectivity index (χ1n) is 11.8. The molecule has 0 aliphatic heterocycles. The second-order valence-electron chi connectivity index (χ2n) is 8.84. The number of nitrogens with one attached hydrogen (secondary N) is 3. The molecule has 0 bridgehead atoms. The highest BCUT2D eigenvalue weighted by Crippen LogP contribution is 2.36. The van der Waals surface area contributed by atoms with Crippen LogP contribution in [0.4, 0.5) is 5.82 Å². The van der Waals surface area contributed by atoms with Gasteiger partial charge >= 0.3 is 0 Å². The maximum atomic E-state index is 11.6. The average molecular weight is 508 g/mol. The van der Waals surface area contributed by atoms with E-state index < -0.39 is 0 Å². The normalized spacial score (nSPS) is 12.9. The number of halogens is 1. The Morgan fingerprint density at radius 3 is 2.76 bits per heavy atom. The number of amides is 1. The Morgan fingerprint density at radius 2 is 1.97 bits per heavy atom. The van der Waals surface area contributed by atoms with E-state index in [1.165, 1.54) is 0 Å². The Morgan fingerprint density at radius 1 is 1.11 bits per heavy atom. The number of hydrogen-bond acceptors (Lipinski definition) is 5. The molecule has 1 aliphatic rings. The summed E-state index contributed by atoms with van der Waals surface area (Å²) < 4.78 is 0. The van der Waals surface area contributed by atoms with Crippen molar-refractivity contribution in [1.82, 2.24) is 30.1 Å². The van der Waals surface area contributed by atoms with Crippen molar-refractivity contribution in [2.24, 2.45) is 0 Å². The van der Waals surface area contributed by atoms with Crippen LogP contribution in [0.15, 0.2) is 73.1 Å². The fourth-order valence-corrected chi connectivity index (χ4v) is 4.60. The van der Waals surface area contributed by atoms with Crippen LogP contribution >= 0.6 is 11.6 Å². The molecule has 1 aliphatic carbocycles. The first-order valence-corrected chi connectivity index (χ1v) is 12.2. The van der Waals surface area contributed by atoms with E-state index in [0.29, 0.717) is 35.2 Å². The topological polar surface area (TPSA) is 112 Å². The molecule has 9 heteroatoms. The number of benzene rings is 1. The summed E-state index contributed by atoms with van der Waals surface area (Å²) in [6.45, 7) is 5.99. The number of pyridine rings is 2. The van der Waals surface area contributed by atoms with E-state index in [1.54, 1.807) is 25.4 Å². The van der Waals surface area contributed by atoms with Gasteiger partial charge in [0.1, 0.15) is 11.5 Å². The number of fused-ring (bicyclic) bond motifs is 2. The van der Waals surface area contributed by atoms with Gasteiger partial charge in [-0.3, -0.25) is 9.89 Å². The zero-order valence-electron chi connectivity index (χ0n) is 20.0. The molecule has 0 unspecified atom stereocenters. The predicted molar refractivity (Wildman–Crippen MR) is 145 cm³/mol. The number of imidazole rings is 1. The highest BCUT2D eigenvalue weighted by atomic mass is 35.5. The number of nitrogens with zero attached hydrogens (tertiary/aromatic N) is 4.